The van der Waals surface area contributed by atoms with Crippen molar-refractivity contribution in [2.24, 2.45) is 0 Å². The largest absolute Gasteiger partial charge is 0.497 e. The average molecular weight is 465 g/mol. The number of hydrogen-bond donors (Lipinski definition) is 2. The molecule has 8 nitrogen and oxygen atoms in total. The van der Waals surface area contributed by atoms with Crippen LogP contribution >= 0.6 is 0 Å². The molecule has 3 aromatic carbocycles. The molecule has 0 spiro atoms. The molecule has 3 aromatic rings. The standard InChI is InChI=1S/C26H28N2O6/c1-31-21-6-10-23(11-7-21)33-17-25(29)27-15-19-4-3-5-20(14-19)16-28-26(30)18-34-24-12-8-22(32-2)9-13-24/h3-14H,15-18H2,1-2H3,(H,27,29)(H,28,30). The predicted octanol–water partition coefficient (Wildman–Crippen LogP) is 3.09. The summed E-state index contributed by atoms with van der Waals surface area (Å²) < 4.78 is 21.1. The summed E-state index contributed by atoms with van der Waals surface area (Å²) >= 11 is 0. The Kier molecular flexibility index (Phi) is 9.16. The molecule has 0 radical (unpaired) electrons. The average Bonchev–Trinajstić information content (AvgIpc) is 2.89. The Hall–Kier alpha value is -4.20. The lowest BCUT2D eigenvalue weighted by Crippen LogP contribution is -2.29. The summed E-state index contributed by atoms with van der Waals surface area (Å²) in [5, 5.41) is 5.65. The minimum atomic E-state index is -0.231. The fourth-order valence-electron chi connectivity index (χ4n) is 2.99. The van der Waals surface area contributed by atoms with Crippen LogP contribution in [0, 0.1) is 0 Å². The summed E-state index contributed by atoms with van der Waals surface area (Å²) in [6, 6.07) is 21.7. The summed E-state index contributed by atoms with van der Waals surface area (Å²) in [6.45, 7) is 0.535. The maximum absolute atomic E-state index is 12.1. The minimum Gasteiger partial charge on any atom is -0.497 e. The van der Waals surface area contributed by atoms with Crippen molar-refractivity contribution < 1.29 is 28.5 Å². The third-order valence-corrected chi connectivity index (χ3v) is 4.83. The van der Waals surface area contributed by atoms with Gasteiger partial charge >= 0.3 is 0 Å². The second-order valence-electron chi connectivity index (χ2n) is 7.30. The first kappa shape index (κ1) is 24.4. The van der Waals surface area contributed by atoms with E-state index < -0.39 is 0 Å². The molecule has 0 heterocycles. The van der Waals surface area contributed by atoms with Gasteiger partial charge in [0.05, 0.1) is 14.2 Å². The van der Waals surface area contributed by atoms with Crippen LogP contribution < -0.4 is 29.6 Å². The van der Waals surface area contributed by atoms with Crippen LogP contribution in [0.3, 0.4) is 0 Å². The van der Waals surface area contributed by atoms with E-state index in [9.17, 15) is 9.59 Å². The van der Waals surface area contributed by atoms with Gasteiger partial charge in [0.15, 0.2) is 13.2 Å². The van der Waals surface area contributed by atoms with Crippen molar-refractivity contribution in [3.8, 4) is 23.0 Å². The molecule has 0 unspecified atom stereocenters. The van der Waals surface area contributed by atoms with Crippen LogP contribution in [0.1, 0.15) is 11.1 Å². The van der Waals surface area contributed by atoms with Crippen LogP contribution in [0.15, 0.2) is 72.8 Å². The summed E-state index contributed by atoms with van der Waals surface area (Å²) in [5.41, 5.74) is 1.83. The van der Waals surface area contributed by atoms with Gasteiger partial charge in [-0.15, -0.1) is 0 Å². The molecule has 0 aromatic heterocycles. The predicted molar refractivity (Wildman–Crippen MR) is 127 cm³/mol. The van der Waals surface area contributed by atoms with Crippen LogP contribution in [0.4, 0.5) is 0 Å². The zero-order chi connectivity index (χ0) is 24.2. The Morgan fingerprint density at radius 3 is 1.38 bits per heavy atom. The summed E-state index contributed by atoms with van der Waals surface area (Å²) in [6.07, 6.45) is 0. The van der Waals surface area contributed by atoms with E-state index in [4.69, 9.17) is 18.9 Å². The summed E-state index contributed by atoms with van der Waals surface area (Å²) in [7, 11) is 3.18. The number of carbonyl (C=O) groups excluding carboxylic acids is 2. The van der Waals surface area contributed by atoms with E-state index in [0.717, 1.165) is 22.6 Å². The zero-order valence-corrected chi connectivity index (χ0v) is 19.2. The Labute approximate surface area is 198 Å². The second kappa shape index (κ2) is 12.7. The highest BCUT2D eigenvalue weighted by atomic mass is 16.5. The molecule has 2 N–H and O–H groups in total. The van der Waals surface area contributed by atoms with E-state index in [2.05, 4.69) is 10.6 Å². The van der Waals surface area contributed by atoms with Gasteiger partial charge in [0.1, 0.15) is 23.0 Å². The first-order valence-electron chi connectivity index (χ1n) is 10.7. The van der Waals surface area contributed by atoms with Crippen LogP contribution in [0.2, 0.25) is 0 Å². The SMILES string of the molecule is COc1ccc(OCC(=O)NCc2cccc(CNC(=O)COc3ccc(OC)cc3)c2)cc1. The van der Waals surface area contributed by atoms with Gasteiger partial charge < -0.3 is 29.6 Å². The molecule has 0 fully saturated rings. The molecule has 0 atom stereocenters. The Bertz CT molecular complexity index is 985. The number of ether oxygens (including phenoxy) is 4. The van der Waals surface area contributed by atoms with Gasteiger partial charge in [0.25, 0.3) is 11.8 Å². The molecular formula is C26H28N2O6. The quantitative estimate of drug-likeness (QED) is 0.428. The second-order valence-corrected chi connectivity index (χ2v) is 7.30. The van der Waals surface area contributed by atoms with Gasteiger partial charge in [-0.05, 0) is 59.7 Å². The zero-order valence-electron chi connectivity index (χ0n) is 19.2. The third kappa shape index (κ3) is 8.05. The lowest BCUT2D eigenvalue weighted by atomic mass is 10.1. The minimum absolute atomic E-state index is 0.0870. The van der Waals surface area contributed by atoms with Gasteiger partial charge in [-0.2, -0.15) is 0 Å². The highest BCUT2D eigenvalue weighted by molar-refractivity contribution is 5.78. The monoisotopic (exact) mass is 464 g/mol. The van der Waals surface area contributed by atoms with E-state index >= 15 is 0 Å². The molecule has 0 aliphatic heterocycles. The van der Waals surface area contributed by atoms with E-state index in [0.29, 0.717) is 24.6 Å². The van der Waals surface area contributed by atoms with Gasteiger partial charge in [0, 0.05) is 13.1 Å². The van der Waals surface area contributed by atoms with Crippen molar-refractivity contribution in [1.82, 2.24) is 10.6 Å². The van der Waals surface area contributed by atoms with E-state index in [1.807, 2.05) is 24.3 Å². The number of amides is 2. The molecule has 2 amide bonds. The van der Waals surface area contributed by atoms with Crippen molar-refractivity contribution in [2.75, 3.05) is 27.4 Å². The van der Waals surface area contributed by atoms with Gasteiger partial charge in [-0.3, -0.25) is 9.59 Å². The summed E-state index contributed by atoms with van der Waals surface area (Å²) in [4.78, 5) is 24.2. The van der Waals surface area contributed by atoms with Gasteiger partial charge in [-0.1, -0.05) is 24.3 Å². The lowest BCUT2D eigenvalue weighted by molar-refractivity contribution is -0.124. The molecule has 178 valence electrons. The highest BCUT2D eigenvalue weighted by Gasteiger charge is 2.06. The van der Waals surface area contributed by atoms with Crippen LogP contribution in [0.25, 0.3) is 0 Å². The number of methoxy groups -OCH3 is 2. The number of carbonyl (C=O) groups is 2. The van der Waals surface area contributed by atoms with Crippen LogP contribution in [-0.4, -0.2) is 39.2 Å². The van der Waals surface area contributed by atoms with Crippen LogP contribution in [0.5, 0.6) is 23.0 Å². The number of benzene rings is 3. The maximum atomic E-state index is 12.1. The van der Waals surface area contributed by atoms with Gasteiger partial charge in [-0.25, -0.2) is 0 Å². The van der Waals surface area contributed by atoms with Gasteiger partial charge in [0.2, 0.25) is 0 Å². The maximum Gasteiger partial charge on any atom is 0.258 e. The van der Waals surface area contributed by atoms with Crippen molar-refractivity contribution in [3.05, 3.63) is 83.9 Å². The number of rotatable bonds is 12. The molecule has 8 heteroatoms. The molecule has 0 bridgehead atoms. The highest BCUT2D eigenvalue weighted by Crippen LogP contribution is 2.17. The van der Waals surface area contributed by atoms with Crippen molar-refractivity contribution in [3.63, 3.8) is 0 Å². The molecule has 0 aliphatic carbocycles. The van der Waals surface area contributed by atoms with Crippen molar-refractivity contribution in [1.29, 1.82) is 0 Å². The normalized spacial score (nSPS) is 10.2. The van der Waals surface area contributed by atoms with Crippen LogP contribution in [-0.2, 0) is 22.7 Å². The van der Waals surface area contributed by atoms with Crippen molar-refractivity contribution in [2.45, 2.75) is 13.1 Å². The molecule has 34 heavy (non-hydrogen) atoms. The van der Waals surface area contributed by atoms with E-state index in [1.165, 1.54) is 0 Å². The Balaban J connectivity index is 1.37. The molecule has 3 rings (SSSR count). The summed E-state index contributed by atoms with van der Waals surface area (Å²) in [5.74, 6) is 2.15. The smallest absolute Gasteiger partial charge is 0.258 e. The van der Waals surface area contributed by atoms with E-state index in [1.54, 1.807) is 62.8 Å². The topological polar surface area (TPSA) is 95.1 Å². The molecule has 0 aliphatic rings. The van der Waals surface area contributed by atoms with Crippen molar-refractivity contribution >= 4 is 11.8 Å². The number of hydrogen-bond acceptors (Lipinski definition) is 6. The molecule has 0 saturated heterocycles. The fourth-order valence-corrected chi connectivity index (χ4v) is 2.99. The fraction of sp³-hybridized carbons (Fsp3) is 0.231. The molecule has 0 saturated carbocycles. The lowest BCUT2D eigenvalue weighted by Gasteiger charge is -2.10. The van der Waals surface area contributed by atoms with E-state index in [-0.39, 0.29) is 25.0 Å². The molecular weight excluding hydrogens is 436 g/mol. The Morgan fingerprint density at radius 1 is 0.618 bits per heavy atom. The number of nitrogens with one attached hydrogen (secondary N) is 2. The first-order valence-corrected chi connectivity index (χ1v) is 10.7. The third-order valence-electron chi connectivity index (χ3n) is 4.83. The Morgan fingerprint density at radius 2 is 1.00 bits per heavy atom. The first-order chi connectivity index (χ1) is 16.6.